The van der Waals surface area contributed by atoms with Crippen molar-refractivity contribution in [2.24, 2.45) is 11.8 Å². The van der Waals surface area contributed by atoms with Gasteiger partial charge in [-0.05, 0) is 47.0 Å². The molecule has 2 aromatic rings. The molecule has 0 aromatic heterocycles. The van der Waals surface area contributed by atoms with E-state index in [1.165, 1.54) is 11.1 Å². The lowest BCUT2D eigenvalue weighted by Gasteiger charge is -2.28. The fourth-order valence-electron chi connectivity index (χ4n) is 7.07. The molecule has 6 rings (SSSR count). The SMILES string of the molecule is CC(CC1=CC([Si](C)(C)C2=C3C=CC=CC3C(CC(C)c3ccccc3)=C2)=C2C=CC=CC12)c1ccccc1. The second kappa shape index (κ2) is 10.6. The van der Waals surface area contributed by atoms with Gasteiger partial charge < -0.3 is 0 Å². The van der Waals surface area contributed by atoms with Crippen LogP contribution >= 0.6 is 0 Å². The molecule has 0 radical (unpaired) electrons. The number of benzene rings is 2. The minimum atomic E-state index is -1.96. The zero-order valence-electron chi connectivity index (χ0n) is 23.8. The van der Waals surface area contributed by atoms with Crippen LogP contribution < -0.4 is 0 Å². The van der Waals surface area contributed by atoms with Crippen molar-refractivity contribution in [3.8, 4) is 0 Å². The molecule has 4 atom stereocenters. The van der Waals surface area contributed by atoms with Crippen molar-refractivity contribution in [1.29, 1.82) is 0 Å². The number of allylic oxidation sites excluding steroid dienone is 16. The van der Waals surface area contributed by atoms with E-state index in [2.05, 4.69) is 148 Å². The summed E-state index contributed by atoms with van der Waals surface area (Å²) in [7, 11) is -1.96. The van der Waals surface area contributed by atoms with E-state index >= 15 is 0 Å². The smallest absolute Gasteiger partial charge is 0.0730 e. The lowest BCUT2D eigenvalue weighted by molar-refractivity contribution is 0.707. The van der Waals surface area contributed by atoms with Crippen LogP contribution in [0, 0.1) is 11.8 Å². The van der Waals surface area contributed by atoms with Gasteiger partial charge in [-0.25, -0.2) is 0 Å². The van der Waals surface area contributed by atoms with E-state index in [0.29, 0.717) is 23.7 Å². The average Bonchev–Trinajstić information content (AvgIpc) is 3.54. The van der Waals surface area contributed by atoms with Crippen molar-refractivity contribution in [2.75, 3.05) is 0 Å². The summed E-state index contributed by atoms with van der Waals surface area (Å²) in [6.45, 7) is 9.94. The fourth-order valence-corrected chi connectivity index (χ4v) is 10.4. The molecule has 4 aliphatic rings. The normalized spacial score (nSPS) is 23.1. The molecule has 0 heterocycles. The van der Waals surface area contributed by atoms with E-state index in [1.54, 1.807) is 32.7 Å². The quantitative estimate of drug-likeness (QED) is 0.301. The fraction of sp³-hybridized carbons (Fsp3) is 0.263. The maximum atomic E-state index is 2.62. The molecule has 2 aromatic carbocycles. The van der Waals surface area contributed by atoms with E-state index < -0.39 is 8.07 Å². The Hall–Kier alpha value is -3.42. The predicted molar refractivity (Wildman–Crippen MR) is 170 cm³/mol. The molecular weight excluding hydrogens is 485 g/mol. The number of rotatable bonds is 8. The molecular formula is C38H40Si. The van der Waals surface area contributed by atoms with Crippen molar-refractivity contribution >= 4 is 8.07 Å². The Kier molecular flexibility index (Phi) is 7.04. The van der Waals surface area contributed by atoms with E-state index in [-0.39, 0.29) is 0 Å². The van der Waals surface area contributed by atoms with Gasteiger partial charge in [0.15, 0.2) is 0 Å². The average molecular weight is 525 g/mol. The van der Waals surface area contributed by atoms with Gasteiger partial charge in [0.2, 0.25) is 0 Å². The van der Waals surface area contributed by atoms with Gasteiger partial charge in [0.1, 0.15) is 8.07 Å². The van der Waals surface area contributed by atoms with Crippen LogP contribution in [0.2, 0.25) is 13.1 Å². The molecule has 0 nitrogen and oxygen atoms in total. The van der Waals surface area contributed by atoms with Gasteiger partial charge >= 0.3 is 0 Å². The largest absolute Gasteiger partial charge is 0.113 e. The van der Waals surface area contributed by atoms with Crippen LogP contribution in [0.5, 0.6) is 0 Å². The minimum absolute atomic E-state index is 0.425. The molecule has 4 unspecified atom stereocenters. The third-order valence-electron chi connectivity index (χ3n) is 9.30. The third kappa shape index (κ3) is 4.90. The second-order valence-electron chi connectivity index (χ2n) is 12.3. The highest BCUT2D eigenvalue weighted by Crippen LogP contribution is 2.49. The standard InChI is InChI=1S/C38H40Si/c1-27(29-15-7-5-8-16-29)23-31-25-37(35-21-13-11-19-33(31)35)39(3,4)38-26-32(34-20-12-14-22-36(34)38)24-28(2)30-17-9-6-10-18-30/h5-22,25-28,33-34H,23-24H2,1-4H3. The van der Waals surface area contributed by atoms with Gasteiger partial charge in [-0.1, -0.05) is 170 Å². The first-order chi connectivity index (χ1) is 18.9. The van der Waals surface area contributed by atoms with Crippen molar-refractivity contribution in [2.45, 2.75) is 51.6 Å². The van der Waals surface area contributed by atoms with Crippen molar-refractivity contribution in [1.82, 2.24) is 0 Å². The zero-order valence-corrected chi connectivity index (χ0v) is 24.8. The van der Waals surface area contributed by atoms with Gasteiger partial charge in [-0.3, -0.25) is 0 Å². The Bertz CT molecular complexity index is 1370. The molecule has 0 saturated heterocycles. The monoisotopic (exact) mass is 524 g/mol. The van der Waals surface area contributed by atoms with Crippen LogP contribution in [0.3, 0.4) is 0 Å². The summed E-state index contributed by atoms with van der Waals surface area (Å²) in [6, 6.07) is 22.0. The molecule has 0 aliphatic heterocycles. The highest BCUT2D eigenvalue weighted by molar-refractivity contribution is 6.92. The van der Waals surface area contributed by atoms with E-state index in [4.69, 9.17) is 0 Å². The summed E-state index contributed by atoms with van der Waals surface area (Å²) in [5.41, 5.74) is 9.12. The second-order valence-corrected chi connectivity index (χ2v) is 16.6. The number of fused-ring (bicyclic) bond motifs is 2. The van der Waals surface area contributed by atoms with Crippen LogP contribution in [-0.4, -0.2) is 8.07 Å². The molecule has 39 heavy (non-hydrogen) atoms. The Morgan fingerprint density at radius 2 is 1.00 bits per heavy atom. The molecule has 0 spiro atoms. The van der Waals surface area contributed by atoms with Crippen LogP contribution in [0.15, 0.2) is 154 Å². The van der Waals surface area contributed by atoms with Crippen molar-refractivity contribution in [3.63, 3.8) is 0 Å². The van der Waals surface area contributed by atoms with Gasteiger partial charge in [0.05, 0.1) is 0 Å². The summed E-state index contributed by atoms with van der Waals surface area (Å²) >= 11 is 0. The van der Waals surface area contributed by atoms with Crippen LogP contribution in [0.4, 0.5) is 0 Å². The van der Waals surface area contributed by atoms with Gasteiger partial charge in [-0.15, -0.1) is 0 Å². The van der Waals surface area contributed by atoms with E-state index in [1.807, 2.05) is 0 Å². The topological polar surface area (TPSA) is 0 Å². The molecule has 0 N–H and O–H groups in total. The molecule has 1 heteroatoms. The molecule has 4 aliphatic carbocycles. The Morgan fingerprint density at radius 3 is 1.41 bits per heavy atom. The maximum Gasteiger partial charge on any atom is 0.113 e. The first-order valence-corrected chi connectivity index (χ1v) is 17.6. The lowest BCUT2D eigenvalue weighted by Crippen LogP contribution is -2.32. The van der Waals surface area contributed by atoms with Gasteiger partial charge in [-0.2, -0.15) is 0 Å². The minimum Gasteiger partial charge on any atom is -0.0730 e. The number of hydrogen-bond donors (Lipinski definition) is 0. The molecule has 0 fully saturated rings. The third-order valence-corrected chi connectivity index (χ3v) is 12.9. The van der Waals surface area contributed by atoms with Crippen LogP contribution in [0.25, 0.3) is 0 Å². The predicted octanol–water partition coefficient (Wildman–Crippen LogP) is 10.1. The van der Waals surface area contributed by atoms with Crippen molar-refractivity contribution in [3.05, 3.63) is 165 Å². The number of hydrogen-bond acceptors (Lipinski definition) is 0. The Labute approximate surface area is 236 Å². The van der Waals surface area contributed by atoms with Crippen LogP contribution in [-0.2, 0) is 0 Å². The van der Waals surface area contributed by atoms with Crippen LogP contribution in [0.1, 0.15) is 49.7 Å². The Balaban J connectivity index is 1.34. The Morgan fingerprint density at radius 1 is 0.590 bits per heavy atom. The highest BCUT2D eigenvalue weighted by Gasteiger charge is 2.41. The van der Waals surface area contributed by atoms with Gasteiger partial charge in [0.25, 0.3) is 0 Å². The summed E-state index contributed by atoms with van der Waals surface area (Å²) in [4.78, 5) is 0. The van der Waals surface area contributed by atoms with E-state index in [9.17, 15) is 0 Å². The first kappa shape index (κ1) is 25.8. The van der Waals surface area contributed by atoms with E-state index in [0.717, 1.165) is 12.8 Å². The zero-order chi connectivity index (χ0) is 27.0. The molecule has 0 amide bonds. The summed E-state index contributed by atoms with van der Waals surface area (Å²) < 4.78 is 0. The first-order valence-electron chi connectivity index (χ1n) is 14.6. The highest BCUT2D eigenvalue weighted by atomic mass is 28.3. The maximum absolute atomic E-state index is 2.62. The summed E-state index contributed by atoms with van der Waals surface area (Å²) in [6.07, 6.45) is 26.1. The van der Waals surface area contributed by atoms with Gasteiger partial charge in [0, 0.05) is 11.8 Å². The molecule has 196 valence electrons. The summed E-state index contributed by atoms with van der Waals surface area (Å²) in [5.74, 6) is 1.87. The summed E-state index contributed by atoms with van der Waals surface area (Å²) in [5, 5.41) is 3.25. The lowest BCUT2D eigenvalue weighted by atomic mass is 9.85. The van der Waals surface area contributed by atoms with Crippen molar-refractivity contribution < 1.29 is 0 Å². The molecule has 0 bridgehead atoms. The molecule has 0 saturated carbocycles.